The van der Waals surface area contributed by atoms with Gasteiger partial charge in [0.05, 0.1) is 18.3 Å². The van der Waals surface area contributed by atoms with E-state index in [1.54, 1.807) is 18.2 Å². The Kier molecular flexibility index (Phi) is 5.33. The van der Waals surface area contributed by atoms with Gasteiger partial charge < -0.3 is 9.30 Å². The monoisotopic (exact) mass is 432 g/mol. The molecule has 2 aromatic carbocycles. The molecular weight excluding hydrogens is 415 g/mol. The average molecular weight is 433 g/mol. The van der Waals surface area contributed by atoms with Gasteiger partial charge in [0.1, 0.15) is 11.5 Å². The number of para-hydroxylation sites is 1. The minimum atomic E-state index is -0.310. The topological polar surface area (TPSA) is 26.5 Å². The van der Waals surface area contributed by atoms with Crippen LogP contribution in [-0.4, -0.2) is 17.3 Å². The molecule has 6 heteroatoms. The van der Waals surface area contributed by atoms with E-state index in [1.165, 1.54) is 17.4 Å². The predicted octanol–water partition coefficient (Wildman–Crippen LogP) is 5.53. The molecule has 0 amide bonds. The van der Waals surface area contributed by atoms with Crippen LogP contribution in [-0.2, 0) is 11.3 Å². The molecule has 0 bridgehead atoms. The van der Waals surface area contributed by atoms with Crippen LogP contribution in [0.2, 0.25) is 0 Å². The van der Waals surface area contributed by atoms with Crippen LogP contribution in [0.25, 0.3) is 11.3 Å². The van der Waals surface area contributed by atoms with Gasteiger partial charge >= 0.3 is 0 Å². The molecule has 0 N–H and O–H groups in total. The van der Waals surface area contributed by atoms with Gasteiger partial charge in [0, 0.05) is 16.5 Å². The number of aromatic nitrogens is 1. The third-order valence-electron chi connectivity index (χ3n) is 4.42. The predicted molar refractivity (Wildman–Crippen MR) is 106 cm³/mol. The summed E-state index contributed by atoms with van der Waals surface area (Å²) in [6.07, 6.45) is 2.31. The number of rotatable bonds is 4. The number of halogens is 2. The molecule has 0 aliphatic carbocycles. The molecule has 1 aliphatic rings. The number of hydrogen-bond donors (Lipinski definition) is 0. The summed E-state index contributed by atoms with van der Waals surface area (Å²) >= 11 is 5.00. The van der Waals surface area contributed by atoms with E-state index in [0.717, 1.165) is 46.5 Å². The number of hydrogen-bond acceptors (Lipinski definition) is 3. The molecule has 0 saturated carbocycles. The fourth-order valence-corrected chi connectivity index (χ4v) is 4.28. The molecule has 3 aromatic rings. The van der Waals surface area contributed by atoms with Gasteiger partial charge in [0.15, 0.2) is 4.80 Å². The van der Waals surface area contributed by atoms with Gasteiger partial charge in [-0.1, -0.05) is 40.2 Å². The minimum absolute atomic E-state index is 0.179. The van der Waals surface area contributed by atoms with E-state index in [1.807, 2.05) is 12.1 Å². The lowest BCUT2D eigenvalue weighted by atomic mass is 10.1. The maximum Gasteiger partial charge on any atom is 0.190 e. The van der Waals surface area contributed by atoms with E-state index in [9.17, 15) is 4.39 Å². The Morgan fingerprint density at radius 1 is 1.19 bits per heavy atom. The molecule has 0 radical (unpaired) electrons. The lowest BCUT2D eigenvalue weighted by Gasteiger charge is -2.14. The van der Waals surface area contributed by atoms with Crippen LogP contribution in [0.3, 0.4) is 0 Å². The summed E-state index contributed by atoms with van der Waals surface area (Å²) in [6.45, 7) is 1.53. The molecule has 1 unspecified atom stereocenters. The Balaban J connectivity index is 1.81. The molecule has 26 heavy (non-hydrogen) atoms. The van der Waals surface area contributed by atoms with Gasteiger partial charge in [-0.15, -0.1) is 11.3 Å². The summed E-state index contributed by atoms with van der Waals surface area (Å²) in [5.41, 5.74) is 2.54. The van der Waals surface area contributed by atoms with Gasteiger partial charge in [-0.2, -0.15) is 0 Å². The number of ether oxygens (including phenoxy) is 1. The second-order valence-corrected chi connectivity index (χ2v) is 7.97. The largest absolute Gasteiger partial charge is 0.376 e. The van der Waals surface area contributed by atoms with E-state index in [4.69, 9.17) is 4.74 Å². The Bertz CT molecular complexity index is 958. The maximum absolute atomic E-state index is 14.1. The Hall–Kier alpha value is -1.76. The van der Waals surface area contributed by atoms with Crippen LogP contribution in [0, 0.1) is 5.82 Å². The van der Waals surface area contributed by atoms with Crippen LogP contribution in [0.1, 0.15) is 12.8 Å². The van der Waals surface area contributed by atoms with Crippen molar-refractivity contribution >= 4 is 33.0 Å². The number of thiazole rings is 1. The summed E-state index contributed by atoms with van der Waals surface area (Å²) in [4.78, 5) is 5.37. The molecule has 134 valence electrons. The van der Waals surface area contributed by atoms with E-state index in [-0.39, 0.29) is 11.9 Å². The van der Waals surface area contributed by atoms with Crippen LogP contribution in [0.15, 0.2) is 63.4 Å². The van der Waals surface area contributed by atoms with Crippen molar-refractivity contribution in [2.75, 3.05) is 6.61 Å². The third kappa shape index (κ3) is 3.82. The lowest BCUT2D eigenvalue weighted by molar-refractivity contribution is 0.0968. The van der Waals surface area contributed by atoms with Crippen LogP contribution in [0.4, 0.5) is 10.1 Å². The van der Waals surface area contributed by atoms with Gasteiger partial charge in [-0.05, 0) is 42.7 Å². The zero-order valence-electron chi connectivity index (χ0n) is 14.1. The van der Waals surface area contributed by atoms with Crippen molar-refractivity contribution in [3.8, 4) is 11.3 Å². The van der Waals surface area contributed by atoms with E-state index in [0.29, 0.717) is 5.69 Å². The fourth-order valence-electron chi connectivity index (χ4n) is 3.08. The Morgan fingerprint density at radius 2 is 2.00 bits per heavy atom. The zero-order chi connectivity index (χ0) is 17.9. The maximum atomic E-state index is 14.1. The zero-order valence-corrected chi connectivity index (χ0v) is 16.5. The lowest BCUT2D eigenvalue weighted by Crippen LogP contribution is -2.24. The molecule has 1 atom stereocenters. The second-order valence-electron chi connectivity index (χ2n) is 6.22. The number of nitrogens with zero attached hydrogens (tertiary/aromatic N) is 2. The molecule has 3 nitrogen and oxygen atoms in total. The van der Waals surface area contributed by atoms with Gasteiger partial charge in [-0.25, -0.2) is 9.38 Å². The second kappa shape index (κ2) is 7.86. The summed E-state index contributed by atoms with van der Waals surface area (Å²) in [5.74, 6) is -0.310. The highest BCUT2D eigenvalue weighted by atomic mass is 79.9. The SMILES string of the molecule is Fc1ccccc1N=c1scc(-c2ccc(Br)cc2)n1CC1CCCO1. The van der Waals surface area contributed by atoms with Crippen LogP contribution >= 0.6 is 27.3 Å². The van der Waals surface area contributed by atoms with E-state index in [2.05, 4.69) is 43.0 Å². The molecule has 0 spiro atoms. The summed E-state index contributed by atoms with van der Waals surface area (Å²) < 4.78 is 23.1. The standard InChI is InChI=1S/C20H18BrFN2OS/c21-15-9-7-14(8-10-15)19-13-26-20(23-18-6-2-1-5-17(18)22)24(19)12-16-4-3-11-25-16/h1-2,5-10,13,16H,3-4,11-12H2. The number of benzene rings is 2. The van der Waals surface area contributed by atoms with Crippen molar-refractivity contribution in [2.45, 2.75) is 25.5 Å². The fraction of sp³-hybridized carbons (Fsp3) is 0.250. The highest BCUT2D eigenvalue weighted by Crippen LogP contribution is 2.25. The van der Waals surface area contributed by atoms with Crippen molar-refractivity contribution in [2.24, 2.45) is 4.99 Å². The van der Waals surface area contributed by atoms with Crippen molar-refractivity contribution in [1.29, 1.82) is 0 Å². The highest BCUT2D eigenvalue weighted by molar-refractivity contribution is 9.10. The summed E-state index contributed by atoms with van der Waals surface area (Å²) in [6, 6.07) is 14.8. The van der Waals surface area contributed by atoms with Crippen LogP contribution in [0.5, 0.6) is 0 Å². The first-order chi connectivity index (χ1) is 12.7. The molecule has 1 saturated heterocycles. The third-order valence-corrected chi connectivity index (χ3v) is 5.81. The molecule has 1 fully saturated rings. The molecule has 4 rings (SSSR count). The first-order valence-corrected chi connectivity index (χ1v) is 10.2. The van der Waals surface area contributed by atoms with Crippen molar-refractivity contribution < 1.29 is 9.13 Å². The Morgan fingerprint density at radius 3 is 2.73 bits per heavy atom. The van der Waals surface area contributed by atoms with E-state index >= 15 is 0 Å². The molecule has 2 heterocycles. The van der Waals surface area contributed by atoms with Crippen LogP contribution < -0.4 is 4.80 Å². The molecule has 1 aliphatic heterocycles. The first kappa shape index (κ1) is 17.6. The molecule has 1 aromatic heterocycles. The van der Waals surface area contributed by atoms with Crippen molar-refractivity contribution in [3.05, 3.63) is 69.0 Å². The van der Waals surface area contributed by atoms with Crippen molar-refractivity contribution in [1.82, 2.24) is 4.57 Å². The Labute approximate surface area is 163 Å². The van der Waals surface area contributed by atoms with E-state index < -0.39 is 0 Å². The van der Waals surface area contributed by atoms with Gasteiger partial charge in [0.2, 0.25) is 0 Å². The first-order valence-electron chi connectivity index (χ1n) is 8.56. The summed E-state index contributed by atoms with van der Waals surface area (Å²) in [7, 11) is 0. The normalized spacial score (nSPS) is 17.8. The smallest absolute Gasteiger partial charge is 0.190 e. The van der Waals surface area contributed by atoms with Gasteiger partial charge in [-0.3, -0.25) is 0 Å². The molecular formula is C20H18BrFN2OS. The highest BCUT2D eigenvalue weighted by Gasteiger charge is 2.19. The minimum Gasteiger partial charge on any atom is -0.376 e. The van der Waals surface area contributed by atoms with Crippen molar-refractivity contribution in [3.63, 3.8) is 0 Å². The average Bonchev–Trinajstić information content (AvgIpc) is 3.29. The summed E-state index contributed by atoms with van der Waals surface area (Å²) in [5, 5.41) is 2.08. The quantitative estimate of drug-likeness (QED) is 0.532. The van der Waals surface area contributed by atoms with Gasteiger partial charge in [0.25, 0.3) is 0 Å².